The molecule has 4 rings (SSSR count). The average Bonchev–Trinajstić information content (AvgIpc) is 2.69. The van der Waals surface area contributed by atoms with Gasteiger partial charge in [0.15, 0.2) is 5.82 Å². The Kier molecular flexibility index (Phi) is 4.26. The van der Waals surface area contributed by atoms with Gasteiger partial charge in [-0.2, -0.15) is 9.78 Å². The van der Waals surface area contributed by atoms with Gasteiger partial charge in [-0.05, 0) is 48.9 Å². The van der Waals surface area contributed by atoms with Gasteiger partial charge in [0, 0.05) is 5.56 Å². The molecule has 0 aliphatic carbocycles. The normalized spacial score (nSPS) is 11.3. The second-order valence-corrected chi connectivity index (χ2v) is 6.27. The zero-order valence-corrected chi connectivity index (χ0v) is 14.7. The number of aromatic hydroxyl groups is 1. The van der Waals surface area contributed by atoms with Crippen LogP contribution >= 0.6 is 0 Å². The van der Waals surface area contributed by atoms with E-state index >= 15 is 0 Å². The lowest BCUT2D eigenvalue weighted by molar-refractivity contribution is 0.475. The smallest absolute Gasteiger partial charge is 0.282 e. The standard InChI is InChI=1S/C22H17N3O2/c1-15-6-10-17(11-7-15)21-24-20-5-3-2-4-19(20)22(27)25(21)23-14-16-8-12-18(26)13-9-16/h2-14,26H,1H3. The number of phenols is 1. The first-order valence-corrected chi connectivity index (χ1v) is 8.54. The highest BCUT2D eigenvalue weighted by Crippen LogP contribution is 2.19. The molecule has 4 aromatic rings. The average molecular weight is 355 g/mol. The van der Waals surface area contributed by atoms with Gasteiger partial charge in [-0.15, -0.1) is 0 Å². The summed E-state index contributed by atoms with van der Waals surface area (Å²) in [5.74, 6) is 0.658. The number of aryl methyl sites for hydroxylation is 1. The number of rotatable bonds is 3. The van der Waals surface area contributed by atoms with Crippen LogP contribution in [0.4, 0.5) is 0 Å². The van der Waals surface area contributed by atoms with Crippen molar-refractivity contribution in [1.29, 1.82) is 0 Å². The fraction of sp³-hybridized carbons (Fsp3) is 0.0455. The second kappa shape index (κ2) is 6.88. The number of para-hydroxylation sites is 1. The third-order valence-electron chi connectivity index (χ3n) is 4.28. The van der Waals surface area contributed by atoms with Gasteiger partial charge in [0.2, 0.25) is 0 Å². The molecule has 0 unspecified atom stereocenters. The fourth-order valence-electron chi connectivity index (χ4n) is 2.81. The van der Waals surface area contributed by atoms with Crippen LogP contribution in [0.5, 0.6) is 5.75 Å². The molecule has 0 amide bonds. The van der Waals surface area contributed by atoms with Crippen LogP contribution in [0.25, 0.3) is 22.3 Å². The van der Waals surface area contributed by atoms with Gasteiger partial charge >= 0.3 is 0 Å². The van der Waals surface area contributed by atoms with E-state index in [0.717, 1.165) is 16.7 Å². The molecular weight excluding hydrogens is 338 g/mol. The molecule has 5 heteroatoms. The molecular formula is C22H17N3O2. The summed E-state index contributed by atoms with van der Waals surface area (Å²) in [6.45, 7) is 2.01. The zero-order chi connectivity index (χ0) is 18.8. The Morgan fingerprint density at radius 3 is 2.41 bits per heavy atom. The van der Waals surface area contributed by atoms with Crippen molar-refractivity contribution in [3.63, 3.8) is 0 Å². The van der Waals surface area contributed by atoms with Crippen LogP contribution < -0.4 is 5.56 Å². The molecule has 1 N–H and O–H groups in total. The Morgan fingerprint density at radius 1 is 0.963 bits per heavy atom. The van der Waals surface area contributed by atoms with Gasteiger partial charge in [-0.1, -0.05) is 42.0 Å². The van der Waals surface area contributed by atoms with Crippen molar-refractivity contribution in [3.05, 3.63) is 94.3 Å². The number of benzene rings is 3. The lowest BCUT2D eigenvalue weighted by Gasteiger charge is -2.09. The summed E-state index contributed by atoms with van der Waals surface area (Å²) in [6.07, 6.45) is 1.58. The highest BCUT2D eigenvalue weighted by atomic mass is 16.3. The fourth-order valence-corrected chi connectivity index (χ4v) is 2.81. The quantitative estimate of drug-likeness (QED) is 0.566. The van der Waals surface area contributed by atoms with Gasteiger partial charge in [-0.25, -0.2) is 4.98 Å². The predicted molar refractivity (Wildman–Crippen MR) is 107 cm³/mol. The second-order valence-electron chi connectivity index (χ2n) is 6.27. The van der Waals surface area contributed by atoms with E-state index < -0.39 is 0 Å². The lowest BCUT2D eigenvalue weighted by atomic mass is 10.1. The first kappa shape index (κ1) is 16.7. The summed E-state index contributed by atoms with van der Waals surface area (Å²) in [6, 6.07) is 21.6. The highest BCUT2D eigenvalue weighted by Gasteiger charge is 2.12. The van der Waals surface area contributed by atoms with Gasteiger partial charge in [-0.3, -0.25) is 4.79 Å². The largest absolute Gasteiger partial charge is 0.508 e. The number of hydrogen-bond acceptors (Lipinski definition) is 4. The molecule has 0 radical (unpaired) electrons. The molecule has 0 atom stereocenters. The van der Waals surface area contributed by atoms with E-state index in [1.54, 1.807) is 36.5 Å². The first-order valence-electron chi connectivity index (χ1n) is 8.54. The molecule has 0 aliphatic heterocycles. The number of aromatic nitrogens is 2. The molecule has 0 bridgehead atoms. The van der Waals surface area contributed by atoms with Crippen molar-refractivity contribution < 1.29 is 5.11 Å². The monoisotopic (exact) mass is 355 g/mol. The van der Waals surface area contributed by atoms with Crippen molar-refractivity contribution in [1.82, 2.24) is 9.66 Å². The number of fused-ring (bicyclic) bond motifs is 1. The predicted octanol–water partition coefficient (Wildman–Crippen LogP) is 3.96. The molecule has 5 nitrogen and oxygen atoms in total. The van der Waals surface area contributed by atoms with Gasteiger partial charge < -0.3 is 5.11 Å². The minimum Gasteiger partial charge on any atom is -0.508 e. The van der Waals surface area contributed by atoms with E-state index in [1.807, 2.05) is 49.4 Å². The van der Waals surface area contributed by atoms with E-state index in [2.05, 4.69) is 10.1 Å². The van der Waals surface area contributed by atoms with Gasteiger partial charge in [0.25, 0.3) is 5.56 Å². The Balaban J connectivity index is 1.92. The van der Waals surface area contributed by atoms with Gasteiger partial charge in [0.05, 0.1) is 17.1 Å². The van der Waals surface area contributed by atoms with Crippen LogP contribution in [0.1, 0.15) is 11.1 Å². The van der Waals surface area contributed by atoms with Gasteiger partial charge in [0.1, 0.15) is 5.75 Å². The van der Waals surface area contributed by atoms with E-state index in [-0.39, 0.29) is 11.3 Å². The molecule has 27 heavy (non-hydrogen) atoms. The zero-order valence-electron chi connectivity index (χ0n) is 14.7. The van der Waals surface area contributed by atoms with Crippen LogP contribution in [0.15, 0.2) is 82.7 Å². The van der Waals surface area contributed by atoms with E-state index in [0.29, 0.717) is 16.7 Å². The van der Waals surface area contributed by atoms with Crippen LogP contribution in [0.2, 0.25) is 0 Å². The van der Waals surface area contributed by atoms with Crippen LogP contribution in [-0.2, 0) is 0 Å². The molecule has 132 valence electrons. The summed E-state index contributed by atoms with van der Waals surface area (Å²) >= 11 is 0. The topological polar surface area (TPSA) is 67.5 Å². The van der Waals surface area contributed by atoms with Crippen molar-refractivity contribution in [2.75, 3.05) is 0 Å². The minimum absolute atomic E-state index is 0.178. The van der Waals surface area contributed by atoms with Crippen molar-refractivity contribution in [3.8, 4) is 17.1 Å². The Bertz CT molecular complexity index is 1190. The summed E-state index contributed by atoms with van der Waals surface area (Å²) in [7, 11) is 0. The van der Waals surface area contributed by atoms with E-state index in [4.69, 9.17) is 0 Å². The maximum absolute atomic E-state index is 13.0. The van der Waals surface area contributed by atoms with Crippen molar-refractivity contribution in [2.24, 2.45) is 5.10 Å². The first-order chi connectivity index (χ1) is 13.1. The summed E-state index contributed by atoms with van der Waals surface area (Å²) in [5, 5.41) is 14.3. The minimum atomic E-state index is -0.230. The number of nitrogens with zero attached hydrogens (tertiary/aromatic N) is 3. The molecule has 0 fully saturated rings. The SMILES string of the molecule is Cc1ccc(-c2nc3ccccc3c(=O)n2N=Cc2ccc(O)cc2)cc1. The summed E-state index contributed by atoms with van der Waals surface area (Å²) in [5.41, 5.74) is 3.11. The maximum Gasteiger partial charge on any atom is 0.282 e. The van der Waals surface area contributed by atoms with Crippen LogP contribution in [0.3, 0.4) is 0 Å². The Morgan fingerprint density at radius 2 is 1.67 bits per heavy atom. The molecule has 0 saturated heterocycles. The number of phenolic OH excluding ortho intramolecular Hbond substituents is 1. The molecule has 1 aromatic heterocycles. The Hall–Kier alpha value is -3.73. The van der Waals surface area contributed by atoms with Crippen molar-refractivity contribution >= 4 is 17.1 Å². The number of hydrogen-bond donors (Lipinski definition) is 1. The maximum atomic E-state index is 13.0. The summed E-state index contributed by atoms with van der Waals surface area (Å²) < 4.78 is 1.32. The third-order valence-corrected chi connectivity index (χ3v) is 4.28. The molecule has 0 spiro atoms. The molecule has 0 aliphatic rings. The Labute approximate surface area is 155 Å². The van der Waals surface area contributed by atoms with Crippen molar-refractivity contribution in [2.45, 2.75) is 6.92 Å². The van der Waals surface area contributed by atoms with Crippen LogP contribution in [-0.4, -0.2) is 21.0 Å². The molecule has 1 heterocycles. The molecule has 0 saturated carbocycles. The highest BCUT2D eigenvalue weighted by molar-refractivity contribution is 5.82. The lowest BCUT2D eigenvalue weighted by Crippen LogP contribution is -2.20. The van der Waals surface area contributed by atoms with E-state index in [9.17, 15) is 9.90 Å². The van der Waals surface area contributed by atoms with E-state index in [1.165, 1.54) is 4.68 Å². The summed E-state index contributed by atoms with van der Waals surface area (Å²) in [4.78, 5) is 17.7. The third kappa shape index (κ3) is 3.35. The van der Waals surface area contributed by atoms with Crippen LogP contribution in [0, 0.1) is 6.92 Å². The molecule has 3 aromatic carbocycles.